The van der Waals surface area contributed by atoms with Gasteiger partial charge in [0.1, 0.15) is 0 Å². The van der Waals surface area contributed by atoms with E-state index in [2.05, 4.69) is 0 Å². The lowest BCUT2D eigenvalue weighted by atomic mass is 10.1. The molecule has 0 amide bonds. The monoisotopic (exact) mass is 148 g/mol. The second kappa shape index (κ2) is 5.39. The highest BCUT2D eigenvalue weighted by Crippen LogP contribution is 2.16. The number of rotatable bonds is 0. The molecule has 0 bridgehead atoms. The van der Waals surface area contributed by atoms with Crippen LogP contribution in [0.15, 0.2) is 11.9 Å². The highest BCUT2D eigenvalue weighted by atomic mass is 19.1. The minimum Gasteiger partial charge on any atom is -0.269 e. The van der Waals surface area contributed by atoms with Crippen LogP contribution in [0.3, 0.4) is 0 Å². The summed E-state index contributed by atoms with van der Waals surface area (Å²) in [5.41, 5.74) is 0. The van der Waals surface area contributed by atoms with Crippen molar-refractivity contribution in [2.24, 2.45) is 0 Å². The first kappa shape index (κ1) is 9.60. The van der Waals surface area contributed by atoms with Crippen LogP contribution in [0.25, 0.3) is 0 Å². The van der Waals surface area contributed by atoms with Gasteiger partial charge in [0.2, 0.25) is 0 Å². The Morgan fingerprint density at radius 2 is 1.80 bits per heavy atom. The Labute approximate surface area is 60.5 Å². The van der Waals surface area contributed by atoms with E-state index in [1.807, 2.05) is 0 Å². The summed E-state index contributed by atoms with van der Waals surface area (Å²) >= 11 is 0. The second-order valence-electron chi connectivity index (χ2n) is 2.60. The summed E-state index contributed by atoms with van der Waals surface area (Å²) in [7, 11) is 0. The molecule has 0 aromatic heterocycles. The zero-order chi connectivity index (χ0) is 6.53. The Bertz CT molecular complexity index is 108. The van der Waals surface area contributed by atoms with Gasteiger partial charge in [-0.1, -0.05) is 18.9 Å². The van der Waals surface area contributed by atoms with Crippen LogP contribution in [0.2, 0.25) is 0 Å². The summed E-state index contributed by atoms with van der Waals surface area (Å²) in [6.45, 7) is 0. The van der Waals surface area contributed by atoms with E-state index in [4.69, 9.17) is 0 Å². The molecule has 0 unspecified atom stereocenters. The quantitative estimate of drug-likeness (QED) is 0.494. The normalized spacial score (nSPS) is 19.9. The summed E-state index contributed by atoms with van der Waals surface area (Å²) in [6.07, 6.45) is 8.08. The van der Waals surface area contributed by atoms with E-state index in [9.17, 15) is 4.39 Å². The van der Waals surface area contributed by atoms with Crippen LogP contribution in [-0.4, -0.2) is 0 Å². The van der Waals surface area contributed by atoms with Gasteiger partial charge in [0.05, 0.1) is 5.83 Å². The lowest BCUT2D eigenvalue weighted by Crippen LogP contribution is -1.84. The summed E-state index contributed by atoms with van der Waals surface area (Å²) in [4.78, 5) is 0. The molecule has 0 saturated heterocycles. The predicted molar refractivity (Wildman–Crippen MR) is 39.4 cm³/mol. The lowest BCUT2D eigenvalue weighted by Gasteiger charge is -2.03. The van der Waals surface area contributed by atoms with E-state index in [0.29, 0.717) is 6.42 Å². The Hall–Kier alpha value is -0.400. The molecule has 2 heteroatoms. The molecule has 1 aliphatic carbocycles. The van der Waals surface area contributed by atoms with Crippen molar-refractivity contribution in [2.45, 2.75) is 38.5 Å². The van der Waals surface area contributed by atoms with E-state index in [1.54, 1.807) is 6.08 Å². The highest BCUT2D eigenvalue weighted by molar-refractivity contribution is 4.92. The van der Waals surface area contributed by atoms with Gasteiger partial charge in [-0.2, -0.15) is 0 Å². The predicted octanol–water partition coefficient (Wildman–Crippen LogP) is 3.35. The molecule has 0 aromatic carbocycles. The van der Waals surface area contributed by atoms with Crippen LogP contribution in [-0.2, 0) is 0 Å². The molecule has 0 aromatic rings. The average molecular weight is 148 g/mol. The Kier molecular flexibility index (Phi) is 5.17. The van der Waals surface area contributed by atoms with Crippen LogP contribution in [0.4, 0.5) is 9.09 Å². The Balaban J connectivity index is 0.000000810. The smallest absolute Gasteiger partial charge is 0.0959 e. The topological polar surface area (TPSA) is 0 Å². The van der Waals surface area contributed by atoms with Gasteiger partial charge in [-0.3, -0.25) is 4.70 Å². The van der Waals surface area contributed by atoms with Crippen molar-refractivity contribution in [1.29, 1.82) is 0 Å². The van der Waals surface area contributed by atoms with Crippen molar-refractivity contribution in [1.82, 2.24) is 0 Å². The largest absolute Gasteiger partial charge is 0.269 e. The molecule has 0 nitrogen and oxygen atoms in total. The first-order chi connectivity index (χ1) is 4.39. The van der Waals surface area contributed by atoms with Crippen molar-refractivity contribution < 1.29 is 9.09 Å². The molecule has 0 heterocycles. The van der Waals surface area contributed by atoms with Crippen LogP contribution in [0, 0.1) is 0 Å². The first-order valence-electron chi connectivity index (χ1n) is 3.74. The fourth-order valence-electron chi connectivity index (χ4n) is 1.15. The minimum absolute atomic E-state index is 0. The Morgan fingerprint density at radius 1 is 1.10 bits per heavy atom. The number of allylic oxidation sites excluding steroid dienone is 2. The van der Waals surface area contributed by atoms with Gasteiger partial charge in [-0.15, -0.1) is 0 Å². The lowest BCUT2D eigenvalue weighted by molar-refractivity contribution is 0.526. The SMILES string of the molecule is F.FC1=CCCCCCC1. The van der Waals surface area contributed by atoms with Crippen LogP contribution in [0.5, 0.6) is 0 Å². The molecular weight excluding hydrogens is 134 g/mol. The number of halogens is 2. The zero-order valence-corrected chi connectivity index (χ0v) is 6.11. The molecular formula is C8H14F2. The minimum atomic E-state index is 0. The van der Waals surface area contributed by atoms with Crippen LogP contribution < -0.4 is 0 Å². The fourth-order valence-corrected chi connectivity index (χ4v) is 1.15. The van der Waals surface area contributed by atoms with Gasteiger partial charge in [-0.05, 0) is 25.7 Å². The standard InChI is InChI=1S/C8H13F.FH/c9-8-6-4-2-1-3-5-7-8;/h6H,1-5,7H2;1H. The van der Waals surface area contributed by atoms with Crippen molar-refractivity contribution in [2.75, 3.05) is 0 Å². The van der Waals surface area contributed by atoms with E-state index < -0.39 is 0 Å². The zero-order valence-electron chi connectivity index (χ0n) is 6.11. The Morgan fingerprint density at radius 3 is 2.60 bits per heavy atom. The molecule has 0 radical (unpaired) electrons. The van der Waals surface area contributed by atoms with Gasteiger partial charge >= 0.3 is 0 Å². The number of hydrogen-bond donors (Lipinski definition) is 0. The molecule has 1 aliphatic rings. The second-order valence-corrected chi connectivity index (χ2v) is 2.60. The molecule has 0 spiro atoms. The highest BCUT2D eigenvalue weighted by Gasteiger charge is 1.98. The third kappa shape index (κ3) is 3.59. The molecule has 0 aliphatic heterocycles. The third-order valence-electron chi connectivity index (χ3n) is 1.74. The van der Waals surface area contributed by atoms with E-state index in [1.165, 1.54) is 19.3 Å². The van der Waals surface area contributed by atoms with Crippen molar-refractivity contribution in [3.05, 3.63) is 11.9 Å². The molecule has 0 atom stereocenters. The maximum absolute atomic E-state index is 12.5. The third-order valence-corrected chi connectivity index (χ3v) is 1.74. The van der Waals surface area contributed by atoms with Crippen molar-refractivity contribution in [3.63, 3.8) is 0 Å². The maximum Gasteiger partial charge on any atom is 0.0959 e. The summed E-state index contributed by atoms with van der Waals surface area (Å²) in [6, 6.07) is 0. The van der Waals surface area contributed by atoms with Crippen molar-refractivity contribution >= 4 is 0 Å². The summed E-state index contributed by atoms with van der Waals surface area (Å²) in [5.74, 6) is 0.106. The van der Waals surface area contributed by atoms with Gasteiger partial charge in [-0.25, -0.2) is 4.39 Å². The van der Waals surface area contributed by atoms with Gasteiger partial charge in [0, 0.05) is 0 Å². The molecule has 60 valence electrons. The molecule has 10 heavy (non-hydrogen) atoms. The van der Waals surface area contributed by atoms with E-state index in [0.717, 1.165) is 12.8 Å². The van der Waals surface area contributed by atoms with Crippen LogP contribution in [0.1, 0.15) is 38.5 Å². The fraction of sp³-hybridized carbons (Fsp3) is 0.750. The molecule has 0 N–H and O–H groups in total. The average Bonchev–Trinajstić information content (AvgIpc) is 1.79. The van der Waals surface area contributed by atoms with Gasteiger partial charge < -0.3 is 0 Å². The first-order valence-corrected chi connectivity index (χ1v) is 3.74. The molecule has 0 saturated carbocycles. The van der Waals surface area contributed by atoms with Gasteiger partial charge in [0.15, 0.2) is 0 Å². The maximum atomic E-state index is 12.5. The van der Waals surface area contributed by atoms with E-state index in [-0.39, 0.29) is 10.5 Å². The van der Waals surface area contributed by atoms with Gasteiger partial charge in [0.25, 0.3) is 0 Å². The summed E-state index contributed by atoms with van der Waals surface area (Å²) < 4.78 is 12.5. The van der Waals surface area contributed by atoms with Crippen molar-refractivity contribution in [3.8, 4) is 0 Å². The van der Waals surface area contributed by atoms with E-state index >= 15 is 0 Å². The molecule has 1 rings (SSSR count). The summed E-state index contributed by atoms with van der Waals surface area (Å²) in [5, 5.41) is 0. The van der Waals surface area contributed by atoms with Crippen LogP contribution >= 0.6 is 0 Å². The molecule has 0 fully saturated rings. The number of hydrogen-bond acceptors (Lipinski definition) is 0.